The molecule has 4 rings (SSSR count). The van der Waals surface area contributed by atoms with Crippen LogP contribution in [-0.2, 0) is 5.75 Å². The van der Waals surface area contributed by atoms with Gasteiger partial charge in [-0.15, -0.1) is 0 Å². The average Bonchev–Trinajstić information content (AvgIpc) is 3.35. The maximum atomic E-state index is 12.4. The van der Waals surface area contributed by atoms with Crippen molar-refractivity contribution >= 4 is 17.7 Å². The number of nitrogens with one attached hydrogen (secondary N) is 2. The van der Waals surface area contributed by atoms with Crippen molar-refractivity contribution in [2.24, 2.45) is 0 Å². The SMILES string of the molecule is COc1cccc(-c2cc(-c3ccc(C(=O)NCCSCc4ccccc4)cc3)[nH]n2)c1. The van der Waals surface area contributed by atoms with Crippen molar-refractivity contribution < 1.29 is 9.53 Å². The Kier molecular flexibility index (Phi) is 7.25. The van der Waals surface area contributed by atoms with Crippen LogP contribution >= 0.6 is 11.8 Å². The van der Waals surface area contributed by atoms with Crippen molar-refractivity contribution in [3.63, 3.8) is 0 Å². The zero-order valence-corrected chi connectivity index (χ0v) is 18.7. The number of nitrogens with zero attached hydrogens (tertiary/aromatic N) is 1. The molecule has 0 spiro atoms. The van der Waals surface area contributed by atoms with Crippen molar-refractivity contribution in [2.75, 3.05) is 19.4 Å². The Balaban J connectivity index is 1.30. The Morgan fingerprint density at radius 2 is 1.78 bits per heavy atom. The van der Waals surface area contributed by atoms with E-state index >= 15 is 0 Å². The number of hydrogen-bond donors (Lipinski definition) is 2. The molecule has 1 aromatic heterocycles. The fourth-order valence-electron chi connectivity index (χ4n) is 3.30. The van der Waals surface area contributed by atoms with Gasteiger partial charge in [-0.25, -0.2) is 0 Å². The monoisotopic (exact) mass is 443 g/mol. The third-order valence-corrected chi connectivity index (χ3v) is 6.08. The molecule has 0 atom stereocenters. The van der Waals surface area contributed by atoms with Crippen LogP contribution in [0.15, 0.2) is 84.9 Å². The molecule has 2 N–H and O–H groups in total. The molecule has 0 aliphatic rings. The first kappa shape index (κ1) is 21.7. The minimum atomic E-state index is -0.0569. The topological polar surface area (TPSA) is 67.0 Å². The number of aromatic amines is 1. The highest BCUT2D eigenvalue weighted by atomic mass is 32.2. The Morgan fingerprint density at radius 3 is 2.56 bits per heavy atom. The Bertz CT molecular complexity index is 1160. The number of thioether (sulfide) groups is 1. The van der Waals surface area contributed by atoms with Crippen LogP contribution in [0.2, 0.25) is 0 Å². The standard InChI is InChI=1S/C26H25N3O2S/c1-31-23-9-5-8-22(16-23)25-17-24(28-29-25)20-10-12-21(13-11-20)26(30)27-14-15-32-18-19-6-3-2-4-7-19/h2-13,16-17H,14-15,18H2,1H3,(H,27,30)(H,28,29). The van der Waals surface area contributed by atoms with E-state index in [1.807, 2.05) is 84.6 Å². The lowest BCUT2D eigenvalue weighted by atomic mass is 10.1. The van der Waals surface area contributed by atoms with Gasteiger partial charge in [-0.3, -0.25) is 9.89 Å². The third kappa shape index (κ3) is 5.59. The van der Waals surface area contributed by atoms with Crippen LogP contribution in [0.25, 0.3) is 22.5 Å². The molecule has 162 valence electrons. The second-order valence-electron chi connectivity index (χ2n) is 7.27. The number of carbonyl (C=O) groups excluding carboxylic acids is 1. The van der Waals surface area contributed by atoms with Crippen LogP contribution in [-0.4, -0.2) is 35.5 Å². The van der Waals surface area contributed by atoms with E-state index in [4.69, 9.17) is 4.74 Å². The number of hydrogen-bond acceptors (Lipinski definition) is 4. The summed E-state index contributed by atoms with van der Waals surface area (Å²) in [6, 6.07) is 27.7. The van der Waals surface area contributed by atoms with Crippen molar-refractivity contribution in [1.29, 1.82) is 0 Å². The molecule has 0 aliphatic carbocycles. The molecule has 1 heterocycles. The Labute approximate surface area is 192 Å². The first-order valence-electron chi connectivity index (χ1n) is 10.4. The maximum Gasteiger partial charge on any atom is 0.251 e. The summed E-state index contributed by atoms with van der Waals surface area (Å²) in [4.78, 5) is 12.4. The lowest BCUT2D eigenvalue weighted by Crippen LogP contribution is -2.25. The summed E-state index contributed by atoms with van der Waals surface area (Å²) in [6.45, 7) is 0.641. The van der Waals surface area contributed by atoms with Gasteiger partial charge in [0.2, 0.25) is 0 Å². The zero-order chi connectivity index (χ0) is 22.2. The molecule has 0 radical (unpaired) electrons. The fraction of sp³-hybridized carbons (Fsp3) is 0.154. The van der Waals surface area contributed by atoms with E-state index in [1.54, 1.807) is 7.11 Å². The zero-order valence-electron chi connectivity index (χ0n) is 17.9. The quantitative estimate of drug-likeness (QED) is 0.339. The highest BCUT2D eigenvalue weighted by molar-refractivity contribution is 7.98. The molecule has 0 aliphatic heterocycles. The minimum Gasteiger partial charge on any atom is -0.497 e. The number of methoxy groups -OCH3 is 1. The lowest BCUT2D eigenvalue weighted by Gasteiger charge is -2.06. The predicted octanol–water partition coefficient (Wildman–Crippen LogP) is 5.42. The van der Waals surface area contributed by atoms with Gasteiger partial charge in [-0.2, -0.15) is 16.9 Å². The molecular weight excluding hydrogens is 418 g/mol. The second-order valence-corrected chi connectivity index (χ2v) is 8.38. The summed E-state index contributed by atoms with van der Waals surface area (Å²) < 4.78 is 5.29. The summed E-state index contributed by atoms with van der Waals surface area (Å²) >= 11 is 1.81. The Hall–Kier alpha value is -3.51. The number of rotatable bonds is 9. The van der Waals surface area contributed by atoms with E-state index in [2.05, 4.69) is 27.6 Å². The number of aromatic nitrogens is 2. The van der Waals surface area contributed by atoms with Crippen LogP contribution in [0.1, 0.15) is 15.9 Å². The van der Waals surface area contributed by atoms with Crippen LogP contribution in [0.4, 0.5) is 0 Å². The number of benzene rings is 3. The molecule has 0 unspecified atom stereocenters. The van der Waals surface area contributed by atoms with Crippen molar-refractivity contribution in [3.8, 4) is 28.3 Å². The summed E-state index contributed by atoms with van der Waals surface area (Å²) in [5.41, 5.74) is 5.64. The highest BCUT2D eigenvalue weighted by Gasteiger charge is 2.09. The van der Waals surface area contributed by atoms with Gasteiger partial charge in [0, 0.05) is 29.2 Å². The molecule has 0 bridgehead atoms. The van der Waals surface area contributed by atoms with Gasteiger partial charge < -0.3 is 10.1 Å². The molecule has 0 fully saturated rings. The Morgan fingerprint density at radius 1 is 0.969 bits per heavy atom. The number of amides is 1. The van der Waals surface area contributed by atoms with Gasteiger partial charge in [-0.05, 0) is 41.5 Å². The van der Waals surface area contributed by atoms with Crippen LogP contribution in [0.3, 0.4) is 0 Å². The van der Waals surface area contributed by atoms with Crippen molar-refractivity contribution in [2.45, 2.75) is 5.75 Å². The predicted molar refractivity (Wildman–Crippen MR) is 131 cm³/mol. The molecule has 1 amide bonds. The van der Waals surface area contributed by atoms with Gasteiger partial charge in [0.25, 0.3) is 5.91 Å². The number of carbonyl (C=O) groups is 1. The van der Waals surface area contributed by atoms with E-state index in [0.717, 1.165) is 39.8 Å². The van der Waals surface area contributed by atoms with E-state index in [9.17, 15) is 4.79 Å². The van der Waals surface area contributed by atoms with Gasteiger partial charge in [0.1, 0.15) is 5.75 Å². The molecular formula is C26H25N3O2S. The molecule has 5 nitrogen and oxygen atoms in total. The van der Waals surface area contributed by atoms with Crippen LogP contribution in [0, 0.1) is 0 Å². The highest BCUT2D eigenvalue weighted by Crippen LogP contribution is 2.26. The largest absolute Gasteiger partial charge is 0.497 e. The smallest absolute Gasteiger partial charge is 0.251 e. The normalized spacial score (nSPS) is 10.7. The van der Waals surface area contributed by atoms with Crippen LogP contribution in [0.5, 0.6) is 5.75 Å². The van der Waals surface area contributed by atoms with E-state index < -0.39 is 0 Å². The number of ether oxygens (including phenoxy) is 1. The fourth-order valence-corrected chi connectivity index (χ4v) is 4.12. The van der Waals surface area contributed by atoms with Crippen molar-refractivity contribution in [3.05, 3.63) is 96.1 Å². The number of H-pyrrole nitrogens is 1. The van der Waals surface area contributed by atoms with Gasteiger partial charge in [0.05, 0.1) is 18.5 Å². The van der Waals surface area contributed by atoms with Crippen LogP contribution < -0.4 is 10.1 Å². The van der Waals surface area contributed by atoms with Crippen molar-refractivity contribution in [1.82, 2.24) is 15.5 Å². The average molecular weight is 444 g/mol. The first-order chi connectivity index (χ1) is 15.7. The van der Waals surface area contributed by atoms with Gasteiger partial charge in [0.15, 0.2) is 0 Å². The third-order valence-electron chi connectivity index (χ3n) is 5.04. The first-order valence-corrected chi connectivity index (χ1v) is 11.6. The summed E-state index contributed by atoms with van der Waals surface area (Å²) in [6.07, 6.45) is 0. The van der Waals surface area contributed by atoms with Gasteiger partial charge >= 0.3 is 0 Å². The molecule has 6 heteroatoms. The van der Waals surface area contributed by atoms with E-state index in [0.29, 0.717) is 12.1 Å². The molecule has 0 saturated carbocycles. The molecule has 32 heavy (non-hydrogen) atoms. The molecule has 0 saturated heterocycles. The van der Waals surface area contributed by atoms with E-state index in [-0.39, 0.29) is 5.91 Å². The summed E-state index contributed by atoms with van der Waals surface area (Å²) in [5, 5.41) is 10.5. The summed E-state index contributed by atoms with van der Waals surface area (Å²) in [7, 11) is 1.65. The summed E-state index contributed by atoms with van der Waals surface area (Å²) in [5.74, 6) is 2.56. The van der Waals surface area contributed by atoms with E-state index in [1.165, 1.54) is 5.56 Å². The van der Waals surface area contributed by atoms with Gasteiger partial charge in [-0.1, -0.05) is 54.6 Å². The maximum absolute atomic E-state index is 12.4. The minimum absolute atomic E-state index is 0.0569. The molecule has 4 aromatic rings. The lowest BCUT2D eigenvalue weighted by molar-refractivity contribution is 0.0956. The molecule has 3 aromatic carbocycles. The second kappa shape index (κ2) is 10.7.